The van der Waals surface area contributed by atoms with Gasteiger partial charge in [0.15, 0.2) is 0 Å². The summed E-state index contributed by atoms with van der Waals surface area (Å²) in [5.74, 6) is -0.723. The Labute approximate surface area is 182 Å². The van der Waals surface area contributed by atoms with Crippen LogP contribution in [0, 0.1) is 0 Å². The average Bonchev–Trinajstić information content (AvgIpc) is 2.70. The van der Waals surface area contributed by atoms with Crippen molar-refractivity contribution >= 4 is 39.4 Å². The van der Waals surface area contributed by atoms with Crippen molar-refractivity contribution in [2.75, 3.05) is 29.8 Å². The van der Waals surface area contributed by atoms with Crippen LogP contribution in [0.3, 0.4) is 0 Å². The fraction of sp³-hybridized carbons (Fsp3) is 0.522. The minimum absolute atomic E-state index is 0.256. The van der Waals surface area contributed by atoms with E-state index < -0.39 is 17.2 Å². The minimum Gasteiger partial charge on any atom is -0.755 e. The summed E-state index contributed by atoms with van der Waals surface area (Å²) >= 11 is -2.32. The van der Waals surface area contributed by atoms with E-state index >= 15 is 0 Å². The van der Waals surface area contributed by atoms with Crippen LogP contribution in [0.4, 0.5) is 11.4 Å². The highest BCUT2D eigenvalue weighted by Crippen LogP contribution is 2.33. The van der Waals surface area contributed by atoms with Crippen LogP contribution in [-0.2, 0) is 16.1 Å². The molecule has 1 N–H and O–H groups in total. The summed E-state index contributed by atoms with van der Waals surface area (Å²) in [5, 5.41) is 10.6. The number of nitrogens with zero attached hydrogens (tertiary/aromatic N) is 2. The summed E-state index contributed by atoms with van der Waals surface area (Å²) in [4.78, 5) is 12.5. The molecule has 0 aliphatic heterocycles. The van der Waals surface area contributed by atoms with E-state index in [0.717, 1.165) is 73.5 Å². The Morgan fingerprint density at radius 3 is 1.90 bits per heavy atom. The maximum absolute atomic E-state index is 12.0. The molecule has 6 nitrogen and oxygen atoms in total. The van der Waals surface area contributed by atoms with Crippen molar-refractivity contribution in [3.63, 3.8) is 0 Å². The second-order valence-electron chi connectivity index (χ2n) is 7.84. The van der Waals surface area contributed by atoms with Crippen LogP contribution in [0.2, 0.25) is 0 Å². The molecule has 2 aromatic carbocycles. The van der Waals surface area contributed by atoms with Gasteiger partial charge in [-0.3, -0.25) is 9.00 Å². The Balaban J connectivity index is 1.87. The van der Waals surface area contributed by atoms with Crippen LogP contribution in [0.5, 0.6) is 0 Å². The first-order chi connectivity index (χ1) is 14.4. The van der Waals surface area contributed by atoms with Crippen LogP contribution in [0.25, 0.3) is 10.8 Å². The number of aliphatic carboxylic acids is 1. The smallest absolute Gasteiger partial charge is 0.303 e. The number of fused-ring (bicyclic) bond motifs is 1. The monoisotopic (exact) mass is 433 g/mol. The molecular weight excluding hydrogens is 400 g/mol. The van der Waals surface area contributed by atoms with Crippen molar-refractivity contribution in [2.45, 2.75) is 57.8 Å². The Kier molecular flexibility index (Phi) is 10.1. The van der Waals surface area contributed by atoms with Gasteiger partial charge in [-0.1, -0.05) is 62.8 Å². The van der Waals surface area contributed by atoms with E-state index in [1.54, 1.807) is 0 Å². The van der Waals surface area contributed by atoms with Gasteiger partial charge in [0.05, 0.1) is 5.69 Å². The lowest BCUT2D eigenvalue weighted by Gasteiger charge is -2.28. The molecule has 0 heterocycles. The molecule has 7 heteroatoms. The van der Waals surface area contributed by atoms with E-state index in [9.17, 15) is 13.6 Å². The number of carboxylic acid groups (broad SMARTS) is 1. The Bertz CT molecular complexity index is 841. The lowest BCUT2D eigenvalue weighted by molar-refractivity contribution is -0.137. The van der Waals surface area contributed by atoms with Gasteiger partial charge in [-0.25, -0.2) is 0 Å². The largest absolute Gasteiger partial charge is 0.755 e. The van der Waals surface area contributed by atoms with Crippen LogP contribution < -0.4 is 9.21 Å². The van der Waals surface area contributed by atoms with Crippen molar-refractivity contribution in [1.29, 1.82) is 0 Å². The third-order valence-corrected chi connectivity index (χ3v) is 6.05. The van der Waals surface area contributed by atoms with Crippen LogP contribution in [-0.4, -0.2) is 40.5 Å². The maximum atomic E-state index is 12.0. The Morgan fingerprint density at radius 1 is 0.867 bits per heavy atom. The van der Waals surface area contributed by atoms with Gasteiger partial charge in [0.2, 0.25) is 0 Å². The molecule has 30 heavy (non-hydrogen) atoms. The molecule has 166 valence electrons. The van der Waals surface area contributed by atoms with Crippen molar-refractivity contribution in [3.05, 3.63) is 36.4 Å². The molecular formula is C23H33N2O4S-. The minimum atomic E-state index is -2.32. The zero-order chi connectivity index (χ0) is 21.9. The van der Waals surface area contributed by atoms with Gasteiger partial charge in [-0.15, -0.1) is 0 Å². The van der Waals surface area contributed by atoms with E-state index in [0.29, 0.717) is 6.54 Å². The van der Waals surface area contributed by atoms with Gasteiger partial charge in [0, 0.05) is 54.8 Å². The molecule has 0 aliphatic carbocycles. The average molecular weight is 434 g/mol. The highest BCUT2D eigenvalue weighted by atomic mass is 32.2. The van der Waals surface area contributed by atoms with Gasteiger partial charge in [-0.2, -0.15) is 0 Å². The summed E-state index contributed by atoms with van der Waals surface area (Å²) in [6.45, 7) is 0.472. The normalized spacial score (nSPS) is 12.1. The fourth-order valence-corrected chi connectivity index (χ4v) is 4.35. The van der Waals surface area contributed by atoms with Crippen molar-refractivity contribution in [1.82, 2.24) is 0 Å². The third-order valence-electron chi connectivity index (χ3n) is 5.31. The molecule has 0 spiro atoms. The SMILES string of the molecule is CN(C)c1cccc2c(N(CCCCCCCCCCC(=O)O)S(=O)[O-])cccc12. The Morgan fingerprint density at radius 2 is 1.37 bits per heavy atom. The van der Waals surface area contributed by atoms with E-state index in [-0.39, 0.29) is 6.42 Å². The van der Waals surface area contributed by atoms with Gasteiger partial charge in [-0.05, 0) is 25.0 Å². The highest BCUT2D eigenvalue weighted by Gasteiger charge is 2.13. The maximum Gasteiger partial charge on any atom is 0.303 e. The molecule has 0 radical (unpaired) electrons. The zero-order valence-electron chi connectivity index (χ0n) is 18.0. The predicted molar refractivity (Wildman–Crippen MR) is 124 cm³/mol. The number of unbranched alkanes of at least 4 members (excludes halogenated alkanes) is 7. The fourth-order valence-electron chi connectivity index (χ4n) is 3.75. The van der Waals surface area contributed by atoms with Crippen molar-refractivity contribution in [3.8, 4) is 0 Å². The number of benzene rings is 2. The molecule has 0 aromatic heterocycles. The quantitative estimate of drug-likeness (QED) is 0.331. The number of carboxylic acids is 1. The summed E-state index contributed by atoms with van der Waals surface area (Å²) < 4.78 is 25.4. The number of rotatable bonds is 14. The summed E-state index contributed by atoms with van der Waals surface area (Å²) in [7, 11) is 3.97. The molecule has 1 atom stereocenters. The molecule has 1 unspecified atom stereocenters. The lowest BCUT2D eigenvalue weighted by atomic mass is 10.1. The predicted octanol–water partition coefficient (Wildman–Crippen LogP) is 5.10. The first kappa shape index (κ1) is 24.2. The molecule has 0 saturated heterocycles. The Hall–Kier alpha value is -2.12. The first-order valence-electron chi connectivity index (χ1n) is 10.7. The number of hydrogen-bond donors (Lipinski definition) is 1. The van der Waals surface area contributed by atoms with Gasteiger partial charge >= 0.3 is 5.97 Å². The van der Waals surface area contributed by atoms with Gasteiger partial charge in [0.25, 0.3) is 0 Å². The molecule has 0 fully saturated rings. The van der Waals surface area contributed by atoms with Crippen LogP contribution in [0.1, 0.15) is 57.8 Å². The lowest BCUT2D eigenvalue weighted by Crippen LogP contribution is -2.26. The number of hydrogen-bond acceptors (Lipinski definition) is 4. The van der Waals surface area contributed by atoms with Crippen LogP contribution >= 0.6 is 0 Å². The molecule has 0 bridgehead atoms. The first-order valence-corrected chi connectivity index (χ1v) is 11.7. The zero-order valence-corrected chi connectivity index (χ0v) is 18.8. The van der Waals surface area contributed by atoms with Gasteiger partial charge < -0.3 is 18.9 Å². The third kappa shape index (κ3) is 7.29. The van der Waals surface area contributed by atoms with Crippen LogP contribution in [0.15, 0.2) is 36.4 Å². The molecule has 2 aromatic rings. The number of anilines is 2. The van der Waals surface area contributed by atoms with Gasteiger partial charge in [0.1, 0.15) is 0 Å². The van der Waals surface area contributed by atoms with Crippen molar-refractivity contribution < 1.29 is 18.7 Å². The summed E-state index contributed by atoms with van der Waals surface area (Å²) in [6.07, 6.45) is 8.11. The second-order valence-corrected chi connectivity index (χ2v) is 8.71. The van der Waals surface area contributed by atoms with E-state index in [1.807, 2.05) is 55.4 Å². The molecule has 0 saturated carbocycles. The second kappa shape index (κ2) is 12.5. The molecule has 0 amide bonds. The standard InChI is InChI=1S/C23H34N2O4S/c1-24(2)21-15-11-14-20-19(21)13-12-16-22(20)25(30(28)29)18-10-8-6-4-3-5-7-9-17-23(26)27/h11-16H,3-10,17-18H2,1-2H3,(H,26,27)(H,28,29)/p-1. The van der Waals surface area contributed by atoms with E-state index in [1.165, 1.54) is 4.31 Å². The highest BCUT2D eigenvalue weighted by molar-refractivity contribution is 7.80. The molecule has 0 aliphatic rings. The number of carbonyl (C=O) groups is 1. The summed E-state index contributed by atoms with van der Waals surface area (Å²) in [6, 6.07) is 11.8. The summed E-state index contributed by atoms with van der Waals surface area (Å²) in [5.41, 5.74) is 1.79. The topological polar surface area (TPSA) is 83.9 Å². The molecule has 2 rings (SSSR count). The van der Waals surface area contributed by atoms with E-state index in [2.05, 4.69) is 0 Å². The van der Waals surface area contributed by atoms with E-state index in [4.69, 9.17) is 5.11 Å². The van der Waals surface area contributed by atoms with Crippen molar-refractivity contribution in [2.24, 2.45) is 0 Å².